The van der Waals surface area contributed by atoms with E-state index in [0.717, 1.165) is 16.8 Å². The molecule has 2 aromatic rings. The van der Waals surface area contributed by atoms with Gasteiger partial charge < -0.3 is 4.74 Å². The van der Waals surface area contributed by atoms with Crippen LogP contribution in [0.5, 0.6) is 0 Å². The van der Waals surface area contributed by atoms with E-state index in [1.54, 1.807) is 36.7 Å². The summed E-state index contributed by atoms with van der Waals surface area (Å²) in [5.41, 5.74) is 2.65. The highest BCUT2D eigenvalue weighted by Crippen LogP contribution is 2.16. The highest BCUT2D eigenvalue weighted by Gasteiger charge is 2.06. The van der Waals surface area contributed by atoms with E-state index in [9.17, 15) is 0 Å². The first-order valence-corrected chi connectivity index (χ1v) is 8.28. The first-order chi connectivity index (χ1) is 13.2. The lowest BCUT2D eigenvalue weighted by molar-refractivity contribution is 0.291. The SMILES string of the molecule is C=C/C=C\N=C(C=C)OCc1cn2cc(C(/C=C\C=C)=C/C=C)cnc2n1. The van der Waals surface area contributed by atoms with Crippen molar-refractivity contribution in [3.63, 3.8) is 0 Å². The number of hydrogen-bond acceptors (Lipinski definition) is 4. The Labute approximate surface area is 159 Å². The molecule has 27 heavy (non-hydrogen) atoms. The maximum absolute atomic E-state index is 5.62. The van der Waals surface area contributed by atoms with Crippen LogP contribution < -0.4 is 0 Å². The molecule has 0 aliphatic rings. The molecule has 2 rings (SSSR count). The molecule has 5 heteroatoms. The average Bonchev–Trinajstić information content (AvgIpc) is 3.10. The van der Waals surface area contributed by atoms with Gasteiger partial charge >= 0.3 is 0 Å². The highest BCUT2D eigenvalue weighted by molar-refractivity contribution is 5.87. The third-order valence-electron chi connectivity index (χ3n) is 3.37. The largest absolute Gasteiger partial charge is 0.471 e. The molecule has 2 aromatic heterocycles. The van der Waals surface area contributed by atoms with Crippen molar-refractivity contribution < 1.29 is 4.74 Å². The van der Waals surface area contributed by atoms with E-state index < -0.39 is 0 Å². The van der Waals surface area contributed by atoms with Gasteiger partial charge in [-0.15, -0.1) is 0 Å². The minimum Gasteiger partial charge on any atom is -0.471 e. The third kappa shape index (κ3) is 5.64. The molecule has 0 saturated heterocycles. The maximum Gasteiger partial charge on any atom is 0.234 e. The van der Waals surface area contributed by atoms with Gasteiger partial charge in [0.25, 0.3) is 0 Å². The minimum atomic E-state index is 0.261. The first-order valence-electron chi connectivity index (χ1n) is 8.28. The van der Waals surface area contributed by atoms with Crippen LogP contribution >= 0.6 is 0 Å². The van der Waals surface area contributed by atoms with E-state index in [2.05, 4.69) is 41.3 Å². The van der Waals surface area contributed by atoms with E-state index in [4.69, 9.17) is 4.74 Å². The van der Waals surface area contributed by atoms with Crippen molar-refractivity contribution in [2.24, 2.45) is 4.99 Å². The van der Waals surface area contributed by atoms with Crippen LogP contribution in [0.15, 0.2) is 105 Å². The standard InChI is InChI=1S/C22H22N4O/c1-5-9-12-18(11-7-3)19-14-24-22-25-20(16-26(22)15-19)17-27-21(8-4)23-13-10-6-2/h5-16H,1-4,17H2/b12-9-,13-10-,18-11+,23-21?. The van der Waals surface area contributed by atoms with Crippen LogP contribution in [0.4, 0.5) is 0 Å². The van der Waals surface area contributed by atoms with Crippen LogP contribution in [0.2, 0.25) is 0 Å². The van der Waals surface area contributed by atoms with Gasteiger partial charge in [0.15, 0.2) is 0 Å². The Morgan fingerprint density at radius 1 is 1.11 bits per heavy atom. The first kappa shape index (κ1) is 19.6. The summed E-state index contributed by atoms with van der Waals surface area (Å²) in [5.74, 6) is 0.996. The molecule has 5 nitrogen and oxygen atoms in total. The number of aromatic nitrogens is 3. The number of allylic oxidation sites excluding steroid dienone is 8. The Balaban J connectivity index is 2.22. The Morgan fingerprint density at radius 3 is 2.63 bits per heavy atom. The fourth-order valence-corrected chi connectivity index (χ4v) is 2.17. The van der Waals surface area contributed by atoms with E-state index >= 15 is 0 Å². The molecule has 136 valence electrons. The summed E-state index contributed by atoms with van der Waals surface area (Å²) in [5, 5.41) is 0. The Morgan fingerprint density at radius 2 is 1.93 bits per heavy atom. The maximum atomic E-state index is 5.62. The van der Waals surface area contributed by atoms with Gasteiger partial charge in [-0.05, 0) is 17.7 Å². The number of fused-ring (bicyclic) bond motifs is 1. The van der Waals surface area contributed by atoms with Crippen molar-refractivity contribution in [2.75, 3.05) is 0 Å². The molecular formula is C22H22N4O. The zero-order valence-electron chi connectivity index (χ0n) is 15.2. The topological polar surface area (TPSA) is 51.8 Å². The second-order valence-electron chi connectivity index (χ2n) is 5.27. The molecule has 0 aromatic carbocycles. The minimum absolute atomic E-state index is 0.261. The summed E-state index contributed by atoms with van der Waals surface area (Å²) in [6.07, 6.45) is 21.2. The lowest BCUT2D eigenvalue weighted by Gasteiger charge is -2.02. The number of imidazole rings is 1. The summed E-state index contributed by atoms with van der Waals surface area (Å²) in [4.78, 5) is 13.0. The Kier molecular flexibility index (Phi) is 7.48. The van der Waals surface area contributed by atoms with E-state index in [1.165, 1.54) is 6.08 Å². The predicted molar refractivity (Wildman–Crippen MR) is 112 cm³/mol. The van der Waals surface area contributed by atoms with Gasteiger partial charge in [0.1, 0.15) is 6.61 Å². The third-order valence-corrected chi connectivity index (χ3v) is 3.37. The second kappa shape index (κ2) is 10.3. The quantitative estimate of drug-likeness (QED) is 0.366. The van der Waals surface area contributed by atoms with Gasteiger partial charge in [0, 0.05) is 30.4 Å². The van der Waals surface area contributed by atoms with E-state index in [-0.39, 0.29) is 6.61 Å². The fourth-order valence-electron chi connectivity index (χ4n) is 2.17. The van der Waals surface area contributed by atoms with Crippen LogP contribution in [-0.4, -0.2) is 20.3 Å². The van der Waals surface area contributed by atoms with Crippen molar-refractivity contribution in [2.45, 2.75) is 6.61 Å². The summed E-state index contributed by atoms with van der Waals surface area (Å²) in [6.45, 7) is 15.0. The lowest BCUT2D eigenvalue weighted by atomic mass is 10.1. The van der Waals surface area contributed by atoms with Crippen molar-refractivity contribution >= 4 is 17.2 Å². The molecular weight excluding hydrogens is 336 g/mol. The molecule has 0 fully saturated rings. The lowest BCUT2D eigenvalue weighted by Crippen LogP contribution is -2.01. The highest BCUT2D eigenvalue weighted by atomic mass is 16.5. The van der Waals surface area contributed by atoms with Crippen LogP contribution in [0, 0.1) is 0 Å². The van der Waals surface area contributed by atoms with Gasteiger partial charge in [-0.3, -0.25) is 4.40 Å². The van der Waals surface area contributed by atoms with E-state index in [1.807, 2.05) is 35.0 Å². The molecule has 0 bridgehead atoms. The van der Waals surface area contributed by atoms with E-state index in [0.29, 0.717) is 11.7 Å². The van der Waals surface area contributed by atoms with Gasteiger partial charge in [0.05, 0.1) is 5.69 Å². The fraction of sp³-hybridized carbons (Fsp3) is 0.0455. The monoisotopic (exact) mass is 358 g/mol. The second-order valence-corrected chi connectivity index (χ2v) is 5.27. The zero-order valence-corrected chi connectivity index (χ0v) is 15.2. The number of rotatable bonds is 9. The summed E-state index contributed by atoms with van der Waals surface area (Å²) < 4.78 is 7.47. The smallest absolute Gasteiger partial charge is 0.234 e. The molecule has 0 N–H and O–H groups in total. The molecule has 0 amide bonds. The molecule has 0 aliphatic carbocycles. The normalized spacial score (nSPS) is 12.6. The summed E-state index contributed by atoms with van der Waals surface area (Å²) >= 11 is 0. The van der Waals surface area contributed by atoms with Crippen molar-refractivity contribution in [1.82, 2.24) is 14.4 Å². The van der Waals surface area contributed by atoms with Crippen molar-refractivity contribution in [1.29, 1.82) is 0 Å². The zero-order chi connectivity index (χ0) is 19.5. The van der Waals surface area contributed by atoms with Gasteiger partial charge in [-0.1, -0.05) is 62.8 Å². The van der Waals surface area contributed by atoms with Crippen LogP contribution in [0.3, 0.4) is 0 Å². The van der Waals surface area contributed by atoms with Gasteiger partial charge in [0.2, 0.25) is 11.7 Å². The molecule has 0 aliphatic heterocycles. The summed E-state index contributed by atoms with van der Waals surface area (Å²) in [7, 11) is 0. The van der Waals surface area contributed by atoms with Crippen LogP contribution in [-0.2, 0) is 11.3 Å². The molecule has 2 heterocycles. The molecule has 0 spiro atoms. The number of aliphatic imine (C=N–C) groups is 1. The number of ether oxygens (including phenoxy) is 1. The van der Waals surface area contributed by atoms with Crippen molar-refractivity contribution in [3.8, 4) is 0 Å². The van der Waals surface area contributed by atoms with Gasteiger partial charge in [-0.25, -0.2) is 15.0 Å². The van der Waals surface area contributed by atoms with Crippen LogP contribution in [0.25, 0.3) is 11.4 Å². The predicted octanol–water partition coefficient (Wildman–Crippen LogP) is 4.84. The molecule has 0 saturated carbocycles. The Hall–Kier alpha value is -3.73. The average molecular weight is 358 g/mol. The molecule has 0 radical (unpaired) electrons. The number of hydrogen-bond donors (Lipinski definition) is 0. The van der Waals surface area contributed by atoms with Gasteiger partial charge in [-0.2, -0.15) is 0 Å². The summed E-state index contributed by atoms with van der Waals surface area (Å²) in [6, 6.07) is 0. The van der Waals surface area contributed by atoms with Crippen LogP contribution in [0.1, 0.15) is 11.3 Å². The Bertz CT molecular complexity index is 958. The molecule has 0 unspecified atom stereocenters. The van der Waals surface area contributed by atoms with Crippen molar-refractivity contribution in [3.05, 3.63) is 111 Å². The number of nitrogens with zero attached hydrogens (tertiary/aromatic N) is 4. The molecule has 0 atom stereocenters.